The number of alkyl halides is 3. The first-order chi connectivity index (χ1) is 13.2. The lowest BCUT2D eigenvalue weighted by Gasteiger charge is -2.20. The van der Waals surface area contributed by atoms with Crippen LogP contribution in [-0.2, 0) is 9.53 Å². The number of hydrogen-bond acceptors (Lipinski definition) is 3. The number of hydrogen-bond donors (Lipinski definition) is 2. The van der Waals surface area contributed by atoms with Gasteiger partial charge in [0.05, 0.1) is 0 Å². The van der Waals surface area contributed by atoms with Crippen LogP contribution in [0.5, 0.6) is 0 Å². The minimum atomic E-state index is -4.96. The van der Waals surface area contributed by atoms with E-state index >= 15 is 0 Å². The molecule has 2 aromatic carbocycles. The van der Waals surface area contributed by atoms with Crippen molar-refractivity contribution in [1.82, 2.24) is 10.6 Å². The Balaban J connectivity index is 2.00. The van der Waals surface area contributed by atoms with Crippen LogP contribution in [0.25, 0.3) is 0 Å². The van der Waals surface area contributed by atoms with Gasteiger partial charge in [-0.15, -0.1) is 0 Å². The van der Waals surface area contributed by atoms with Gasteiger partial charge in [-0.3, -0.25) is 4.79 Å². The standard InChI is InChI=1S/C20H21F3N2O3/c1-13-3-7-15(8-4-13)17(16-9-5-14(2)6-10-16)28-19(27)25-12-11-24-18(26)20(21,22)23/h3-10,17H,11-12H2,1-2H3,(H,24,26)(H,25,27). The third kappa shape index (κ3) is 6.29. The van der Waals surface area contributed by atoms with Crippen LogP contribution in [0.4, 0.5) is 18.0 Å². The first kappa shape index (κ1) is 21.3. The highest BCUT2D eigenvalue weighted by atomic mass is 19.4. The summed E-state index contributed by atoms with van der Waals surface area (Å²) in [7, 11) is 0. The zero-order chi connectivity index (χ0) is 20.7. The van der Waals surface area contributed by atoms with Crippen molar-refractivity contribution in [2.75, 3.05) is 13.1 Å². The molecule has 0 aliphatic rings. The summed E-state index contributed by atoms with van der Waals surface area (Å²) < 4.78 is 41.8. The second-order valence-electron chi connectivity index (χ2n) is 6.29. The number of nitrogens with one attached hydrogen (secondary N) is 2. The van der Waals surface area contributed by atoms with Gasteiger partial charge in [-0.25, -0.2) is 4.79 Å². The Bertz CT molecular complexity index is 757. The van der Waals surface area contributed by atoms with E-state index in [0.717, 1.165) is 22.3 Å². The predicted molar refractivity (Wildman–Crippen MR) is 97.7 cm³/mol. The Morgan fingerprint density at radius 1 is 0.857 bits per heavy atom. The lowest BCUT2D eigenvalue weighted by molar-refractivity contribution is -0.173. The Morgan fingerprint density at radius 3 is 1.71 bits per heavy atom. The van der Waals surface area contributed by atoms with Gasteiger partial charge >= 0.3 is 18.2 Å². The van der Waals surface area contributed by atoms with E-state index in [1.165, 1.54) is 0 Å². The fraction of sp³-hybridized carbons (Fsp3) is 0.300. The van der Waals surface area contributed by atoms with Gasteiger partial charge in [-0.2, -0.15) is 13.2 Å². The van der Waals surface area contributed by atoms with Crippen LogP contribution in [0.1, 0.15) is 28.4 Å². The molecule has 5 nitrogen and oxygen atoms in total. The van der Waals surface area contributed by atoms with E-state index in [2.05, 4.69) is 5.32 Å². The van der Waals surface area contributed by atoms with E-state index in [1.807, 2.05) is 62.4 Å². The molecule has 0 unspecified atom stereocenters. The smallest absolute Gasteiger partial charge is 0.436 e. The molecule has 8 heteroatoms. The van der Waals surface area contributed by atoms with Crippen molar-refractivity contribution in [1.29, 1.82) is 0 Å². The molecule has 0 saturated carbocycles. The highest BCUT2D eigenvalue weighted by molar-refractivity contribution is 5.81. The van der Waals surface area contributed by atoms with Crippen molar-refractivity contribution in [3.8, 4) is 0 Å². The predicted octanol–water partition coefficient (Wildman–Crippen LogP) is 3.80. The number of benzene rings is 2. The molecule has 2 aromatic rings. The third-order valence-corrected chi connectivity index (χ3v) is 3.92. The summed E-state index contributed by atoms with van der Waals surface area (Å²) in [5.41, 5.74) is 3.62. The van der Waals surface area contributed by atoms with Crippen molar-refractivity contribution in [3.05, 3.63) is 70.8 Å². The monoisotopic (exact) mass is 394 g/mol. The van der Waals surface area contributed by atoms with Crippen LogP contribution in [0.2, 0.25) is 0 Å². The van der Waals surface area contributed by atoms with E-state index in [4.69, 9.17) is 4.74 Å². The minimum absolute atomic E-state index is 0.199. The normalized spacial score (nSPS) is 11.2. The largest absolute Gasteiger partial charge is 0.471 e. The van der Waals surface area contributed by atoms with Crippen molar-refractivity contribution >= 4 is 12.0 Å². The Hall–Kier alpha value is -3.03. The first-order valence-corrected chi connectivity index (χ1v) is 8.59. The molecule has 0 bridgehead atoms. The van der Waals surface area contributed by atoms with Crippen molar-refractivity contribution in [2.24, 2.45) is 0 Å². The van der Waals surface area contributed by atoms with Crippen LogP contribution in [-0.4, -0.2) is 31.3 Å². The van der Waals surface area contributed by atoms with Crippen LogP contribution in [0.3, 0.4) is 0 Å². The molecule has 2 amide bonds. The van der Waals surface area contributed by atoms with E-state index in [9.17, 15) is 22.8 Å². The molecule has 0 saturated heterocycles. The molecule has 28 heavy (non-hydrogen) atoms. The molecule has 150 valence electrons. The molecule has 0 atom stereocenters. The van der Waals surface area contributed by atoms with Gasteiger partial charge in [-0.05, 0) is 25.0 Å². The minimum Gasteiger partial charge on any atom is -0.436 e. The molecule has 0 aromatic heterocycles. The number of rotatable bonds is 6. The Labute approximate surface area is 160 Å². The van der Waals surface area contributed by atoms with E-state index in [-0.39, 0.29) is 13.1 Å². The number of halogens is 3. The number of ether oxygens (including phenoxy) is 1. The highest BCUT2D eigenvalue weighted by Crippen LogP contribution is 2.26. The van der Waals surface area contributed by atoms with Gasteiger partial charge in [0, 0.05) is 13.1 Å². The summed E-state index contributed by atoms with van der Waals surface area (Å²) in [4.78, 5) is 22.8. The lowest BCUT2D eigenvalue weighted by Crippen LogP contribution is -2.41. The summed E-state index contributed by atoms with van der Waals surface area (Å²) in [5.74, 6) is -2.06. The van der Waals surface area contributed by atoms with Crippen LogP contribution in [0.15, 0.2) is 48.5 Å². The number of aryl methyl sites for hydroxylation is 2. The zero-order valence-electron chi connectivity index (χ0n) is 15.5. The molecule has 2 rings (SSSR count). The van der Waals surface area contributed by atoms with E-state index < -0.39 is 24.3 Å². The maximum absolute atomic E-state index is 12.1. The van der Waals surface area contributed by atoms with Crippen LogP contribution >= 0.6 is 0 Å². The molecule has 0 radical (unpaired) electrons. The van der Waals surface area contributed by atoms with Gasteiger partial charge in [-0.1, -0.05) is 59.7 Å². The summed E-state index contributed by atoms with van der Waals surface area (Å²) in [5, 5.41) is 4.01. The van der Waals surface area contributed by atoms with Crippen LogP contribution < -0.4 is 10.6 Å². The molecule has 0 heterocycles. The molecule has 2 N–H and O–H groups in total. The highest BCUT2D eigenvalue weighted by Gasteiger charge is 2.38. The van der Waals surface area contributed by atoms with Crippen molar-refractivity contribution in [3.63, 3.8) is 0 Å². The third-order valence-electron chi connectivity index (χ3n) is 3.92. The number of amides is 2. The molecule has 0 aliphatic heterocycles. The van der Waals surface area contributed by atoms with E-state index in [1.54, 1.807) is 5.32 Å². The lowest BCUT2D eigenvalue weighted by atomic mass is 9.99. The molecule has 0 fully saturated rings. The average molecular weight is 394 g/mol. The SMILES string of the molecule is Cc1ccc(C(OC(=O)NCCNC(=O)C(F)(F)F)c2ccc(C)cc2)cc1. The summed E-state index contributed by atoms with van der Waals surface area (Å²) in [6.45, 7) is 3.31. The summed E-state index contributed by atoms with van der Waals surface area (Å²) in [6.07, 6.45) is -6.43. The molecular formula is C20H21F3N2O3. The fourth-order valence-corrected chi connectivity index (χ4v) is 2.40. The molecule has 0 aliphatic carbocycles. The topological polar surface area (TPSA) is 67.4 Å². The van der Waals surface area contributed by atoms with Crippen molar-refractivity contribution in [2.45, 2.75) is 26.1 Å². The van der Waals surface area contributed by atoms with Gasteiger partial charge in [0.1, 0.15) is 0 Å². The van der Waals surface area contributed by atoms with Gasteiger partial charge < -0.3 is 15.4 Å². The quantitative estimate of drug-likeness (QED) is 0.733. The zero-order valence-corrected chi connectivity index (χ0v) is 15.5. The Kier molecular flexibility index (Phi) is 7.03. The van der Waals surface area contributed by atoms with Crippen LogP contribution in [0, 0.1) is 13.8 Å². The number of carbonyl (C=O) groups is 2. The Morgan fingerprint density at radius 2 is 1.29 bits per heavy atom. The first-order valence-electron chi connectivity index (χ1n) is 8.59. The second kappa shape index (κ2) is 9.25. The van der Waals surface area contributed by atoms with Gasteiger partial charge in [0.2, 0.25) is 0 Å². The summed E-state index contributed by atoms with van der Waals surface area (Å²) >= 11 is 0. The maximum Gasteiger partial charge on any atom is 0.471 e. The maximum atomic E-state index is 12.1. The molecular weight excluding hydrogens is 373 g/mol. The number of alkyl carbamates (subject to hydrolysis) is 1. The average Bonchev–Trinajstić information content (AvgIpc) is 2.64. The van der Waals surface area contributed by atoms with Gasteiger partial charge in [0.25, 0.3) is 0 Å². The second-order valence-corrected chi connectivity index (χ2v) is 6.29. The number of carbonyl (C=O) groups excluding carboxylic acids is 2. The van der Waals surface area contributed by atoms with Gasteiger partial charge in [0.15, 0.2) is 6.10 Å². The van der Waals surface area contributed by atoms with E-state index in [0.29, 0.717) is 0 Å². The summed E-state index contributed by atoms with van der Waals surface area (Å²) in [6, 6.07) is 14.9. The van der Waals surface area contributed by atoms with Crippen molar-refractivity contribution < 1.29 is 27.5 Å². The molecule has 0 spiro atoms. The fourth-order valence-electron chi connectivity index (χ4n) is 2.40.